The van der Waals surface area contributed by atoms with Crippen molar-refractivity contribution in [2.24, 2.45) is 0 Å². The van der Waals surface area contributed by atoms with Crippen LogP contribution in [0.5, 0.6) is 0 Å². The molecule has 0 atom stereocenters. The molecule has 0 bridgehead atoms. The van der Waals surface area contributed by atoms with Crippen molar-refractivity contribution in [1.82, 2.24) is 14.8 Å². The molecule has 0 saturated carbocycles. The van der Waals surface area contributed by atoms with Gasteiger partial charge in [-0.05, 0) is 18.2 Å². The fraction of sp³-hybridized carbons (Fsp3) is 0.167. The summed E-state index contributed by atoms with van der Waals surface area (Å²) < 4.78 is 43.8. The molecule has 3 aromatic rings. The zero-order chi connectivity index (χ0) is 14.3. The standard InChI is InChI=1S/C12H9F3N4O/c13-12(14,15)9-4-5-19(18-9)6-10-17-11-7(16)2-1-3-8(11)20-10/h1-5H,6,16H2. The van der Waals surface area contributed by atoms with E-state index in [2.05, 4.69) is 10.1 Å². The van der Waals surface area contributed by atoms with Gasteiger partial charge in [0.1, 0.15) is 12.1 Å². The first kappa shape index (κ1) is 12.5. The Hall–Kier alpha value is -2.51. The molecule has 0 aliphatic heterocycles. The van der Waals surface area contributed by atoms with Crippen LogP contribution in [0.1, 0.15) is 11.6 Å². The summed E-state index contributed by atoms with van der Waals surface area (Å²) in [5.41, 5.74) is 6.21. The SMILES string of the molecule is Nc1cccc2oc(Cn3ccc(C(F)(F)F)n3)nc12. The van der Waals surface area contributed by atoms with E-state index in [4.69, 9.17) is 10.2 Å². The molecule has 20 heavy (non-hydrogen) atoms. The van der Waals surface area contributed by atoms with E-state index in [0.29, 0.717) is 16.8 Å². The Bertz CT molecular complexity index is 759. The van der Waals surface area contributed by atoms with Crippen molar-refractivity contribution in [2.75, 3.05) is 5.73 Å². The quantitative estimate of drug-likeness (QED) is 0.734. The summed E-state index contributed by atoms with van der Waals surface area (Å²) in [4.78, 5) is 4.15. The average molecular weight is 282 g/mol. The zero-order valence-corrected chi connectivity index (χ0v) is 10.1. The molecular weight excluding hydrogens is 273 g/mol. The molecule has 2 aromatic heterocycles. The Kier molecular flexibility index (Phi) is 2.66. The minimum atomic E-state index is -4.46. The lowest BCUT2D eigenvalue weighted by Gasteiger charge is -2.00. The fourth-order valence-corrected chi connectivity index (χ4v) is 1.82. The highest BCUT2D eigenvalue weighted by Crippen LogP contribution is 2.27. The first-order chi connectivity index (χ1) is 9.43. The molecule has 0 spiro atoms. The van der Waals surface area contributed by atoms with E-state index >= 15 is 0 Å². The van der Waals surface area contributed by atoms with Crippen molar-refractivity contribution in [3.8, 4) is 0 Å². The molecular formula is C12H9F3N4O. The number of nitrogens with two attached hydrogens (primary N) is 1. The highest BCUT2D eigenvalue weighted by Gasteiger charge is 2.33. The molecule has 0 aliphatic rings. The van der Waals surface area contributed by atoms with Gasteiger partial charge in [0.25, 0.3) is 0 Å². The number of benzene rings is 1. The Balaban J connectivity index is 1.90. The second-order valence-corrected chi connectivity index (χ2v) is 4.20. The molecule has 2 N–H and O–H groups in total. The van der Waals surface area contributed by atoms with E-state index < -0.39 is 11.9 Å². The molecule has 2 heterocycles. The Morgan fingerprint density at radius 3 is 2.70 bits per heavy atom. The monoisotopic (exact) mass is 282 g/mol. The van der Waals surface area contributed by atoms with E-state index in [0.717, 1.165) is 10.7 Å². The lowest BCUT2D eigenvalue weighted by atomic mass is 10.3. The first-order valence-electron chi connectivity index (χ1n) is 5.68. The van der Waals surface area contributed by atoms with Crippen molar-refractivity contribution in [3.63, 3.8) is 0 Å². The van der Waals surface area contributed by atoms with E-state index in [1.165, 1.54) is 6.20 Å². The summed E-state index contributed by atoms with van der Waals surface area (Å²) in [5.74, 6) is 0.245. The van der Waals surface area contributed by atoms with Crippen LogP contribution in [-0.4, -0.2) is 14.8 Å². The molecule has 104 valence electrons. The molecule has 0 radical (unpaired) electrons. The van der Waals surface area contributed by atoms with Gasteiger partial charge in [-0.25, -0.2) is 4.98 Å². The molecule has 8 heteroatoms. The van der Waals surface area contributed by atoms with Crippen LogP contribution in [-0.2, 0) is 12.7 Å². The van der Waals surface area contributed by atoms with Gasteiger partial charge in [0.05, 0.1) is 5.69 Å². The summed E-state index contributed by atoms with van der Waals surface area (Å²) in [7, 11) is 0. The van der Waals surface area contributed by atoms with Crippen molar-refractivity contribution in [3.05, 3.63) is 42.0 Å². The highest BCUT2D eigenvalue weighted by atomic mass is 19.4. The third-order valence-electron chi connectivity index (χ3n) is 2.72. The van der Waals surface area contributed by atoms with Gasteiger partial charge in [0, 0.05) is 6.20 Å². The van der Waals surface area contributed by atoms with Crippen LogP contribution in [0.2, 0.25) is 0 Å². The van der Waals surface area contributed by atoms with Crippen LogP contribution in [0.25, 0.3) is 11.1 Å². The number of anilines is 1. The van der Waals surface area contributed by atoms with Gasteiger partial charge in [-0.15, -0.1) is 0 Å². The maximum absolute atomic E-state index is 12.4. The predicted molar refractivity (Wildman–Crippen MR) is 64.8 cm³/mol. The lowest BCUT2D eigenvalue weighted by molar-refractivity contribution is -0.141. The number of para-hydroxylation sites is 1. The summed E-state index contributed by atoms with van der Waals surface area (Å²) in [6.07, 6.45) is -3.24. The third-order valence-corrected chi connectivity index (χ3v) is 2.72. The van der Waals surface area contributed by atoms with Gasteiger partial charge in [0.2, 0.25) is 5.89 Å². The summed E-state index contributed by atoms with van der Waals surface area (Å²) in [6, 6.07) is 5.97. The molecule has 0 amide bonds. The molecule has 0 unspecified atom stereocenters. The van der Waals surface area contributed by atoms with Gasteiger partial charge in [-0.2, -0.15) is 18.3 Å². The minimum absolute atomic E-state index is 0.00417. The number of alkyl halides is 3. The number of rotatable bonds is 2. The van der Waals surface area contributed by atoms with Gasteiger partial charge < -0.3 is 10.2 Å². The second kappa shape index (κ2) is 4.26. The van der Waals surface area contributed by atoms with Crippen molar-refractivity contribution in [1.29, 1.82) is 0 Å². The number of halogens is 3. The fourth-order valence-electron chi connectivity index (χ4n) is 1.82. The van der Waals surface area contributed by atoms with Gasteiger partial charge in [-0.3, -0.25) is 4.68 Å². The number of hydrogen-bond acceptors (Lipinski definition) is 4. The van der Waals surface area contributed by atoms with Crippen molar-refractivity contribution in [2.45, 2.75) is 12.7 Å². The van der Waals surface area contributed by atoms with Crippen LogP contribution in [0.15, 0.2) is 34.9 Å². The number of hydrogen-bond donors (Lipinski definition) is 1. The number of aromatic nitrogens is 3. The van der Waals surface area contributed by atoms with Crippen LogP contribution >= 0.6 is 0 Å². The highest BCUT2D eigenvalue weighted by molar-refractivity contribution is 5.85. The molecule has 0 saturated heterocycles. The predicted octanol–water partition coefficient (Wildman–Crippen LogP) is 2.67. The van der Waals surface area contributed by atoms with E-state index in [1.807, 2.05) is 0 Å². The van der Waals surface area contributed by atoms with Crippen LogP contribution < -0.4 is 5.73 Å². The smallest absolute Gasteiger partial charge is 0.435 e. The summed E-state index contributed by atoms with van der Waals surface area (Å²) in [6.45, 7) is 0.00417. The minimum Gasteiger partial charge on any atom is -0.439 e. The Morgan fingerprint density at radius 2 is 2.05 bits per heavy atom. The van der Waals surface area contributed by atoms with Crippen LogP contribution in [0, 0.1) is 0 Å². The van der Waals surface area contributed by atoms with E-state index in [9.17, 15) is 13.2 Å². The molecule has 5 nitrogen and oxygen atoms in total. The van der Waals surface area contributed by atoms with Crippen LogP contribution in [0.3, 0.4) is 0 Å². The van der Waals surface area contributed by atoms with Gasteiger partial charge in [-0.1, -0.05) is 6.07 Å². The average Bonchev–Trinajstić information content (AvgIpc) is 2.96. The first-order valence-corrected chi connectivity index (χ1v) is 5.68. The van der Waals surface area contributed by atoms with Gasteiger partial charge >= 0.3 is 6.18 Å². The van der Waals surface area contributed by atoms with Gasteiger partial charge in [0.15, 0.2) is 11.3 Å². The lowest BCUT2D eigenvalue weighted by Crippen LogP contribution is -2.08. The Labute approximate surface area is 110 Å². The largest absolute Gasteiger partial charge is 0.439 e. The second-order valence-electron chi connectivity index (χ2n) is 4.20. The van der Waals surface area contributed by atoms with Crippen LogP contribution in [0.4, 0.5) is 18.9 Å². The van der Waals surface area contributed by atoms with E-state index in [1.54, 1.807) is 18.2 Å². The molecule has 0 fully saturated rings. The normalized spacial score (nSPS) is 12.2. The number of oxazole rings is 1. The number of fused-ring (bicyclic) bond motifs is 1. The zero-order valence-electron chi connectivity index (χ0n) is 10.1. The third kappa shape index (κ3) is 2.20. The molecule has 1 aromatic carbocycles. The number of nitrogen functional groups attached to an aromatic ring is 1. The van der Waals surface area contributed by atoms with E-state index in [-0.39, 0.29) is 12.4 Å². The van der Waals surface area contributed by atoms with Crippen molar-refractivity contribution < 1.29 is 17.6 Å². The van der Waals surface area contributed by atoms with Crippen molar-refractivity contribution >= 4 is 16.8 Å². The number of nitrogens with zero attached hydrogens (tertiary/aromatic N) is 3. The Morgan fingerprint density at radius 1 is 1.25 bits per heavy atom. The summed E-state index contributed by atoms with van der Waals surface area (Å²) >= 11 is 0. The molecule has 0 aliphatic carbocycles. The molecule has 3 rings (SSSR count). The summed E-state index contributed by atoms with van der Waals surface area (Å²) in [5, 5.41) is 3.43. The topological polar surface area (TPSA) is 69.9 Å². The maximum atomic E-state index is 12.4. The maximum Gasteiger partial charge on any atom is 0.435 e.